The first kappa shape index (κ1) is 17.6. The van der Waals surface area contributed by atoms with Crippen molar-refractivity contribution < 1.29 is 9.63 Å². The number of fused-ring (bicyclic) bond motifs is 1. The molecule has 0 N–H and O–H groups in total. The van der Waals surface area contributed by atoms with Gasteiger partial charge >= 0.3 is 6.03 Å². The van der Waals surface area contributed by atoms with Gasteiger partial charge < -0.3 is 9.74 Å². The van der Waals surface area contributed by atoms with E-state index >= 15 is 0 Å². The molecule has 1 aromatic rings. The van der Waals surface area contributed by atoms with Gasteiger partial charge in [-0.2, -0.15) is 0 Å². The van der Waals surface area contributed by atoms with Gasteiger partial charge in [0.05, 0.1) is 5.92 Å². The topological polar surface area (TPSA) is 45.1 Å². The smallest absolute Gasteiger partial charge is 0.323 e. The van der Waals surface area contributed by atoms with E-state index in [1.165, 1.54) is 0 Å². The molecule has 0 radical (unpaired) electrons. The summed E-state index contributed by atoms with van der Waals surface area (Å²) in [5.74, 6) is 6.21. The normalized spacial score (nSPS) is 21.3. The zero-order valence-electron chi connectivity index (χ0n) is 14.7. The average Bonchev–Trinajstić information content (AvgIpc) is 3.15. The van der Waals surface area contributed by atoms with Gasteiger partial charge in [0.25, 0.3) is 0 Å². The van der Waals surface area contributed by atoms with E-state index in [4.69, 9.17) is 16.4 Å². The molecule has 2 heterocycles. The van der Waals surface area contributed by atoms with Gasteiger partial charge in [-0.15, -0.1) is 0 Å². The Morgan fingerprint density at radius 1 is 1.48 bits per heavy atom. The van der Waals surface area contributed by atoms with Crippen LogP contribution in [0.15, 0.2) is 29.4 Å². The second kappa shape index (κ2) is 7.37. The van der Waals surface area contributed by atoms with Crippen molar-refractivity contribution in [2.75, 3.05) is 13.1 Å². The Morgan fingerprint density at radius 3 is 2.96 bits per heavy atom. The fourth-order valence-electron chi connectivity index (χ4n) is 3.25. The number of carbonyl (C=O) groups excluding carboxylic acids is 1. The van der Waals surface area contributed by atoms with Crippen molar-refractivity contribution in [2.45, 2.75) is 39.5 Å². The number of benzene rings is 1. The molecule has 0 saturated carbocycles. The summed E-state index contributed by atoms with van der Waals surface area (Å²) in [6, 6.07) is 7.55. The lowest BCUT2D eigenvalue weighted by Crippen LogP contribution is -2.49. The van der Waals surface area contributed by atoms with Crippen LogP contribution in [-0.4, -0.2) is 46.9 Å². The molecular formula is C19H22ClN3O2. The van der Waals surface area contributed by atoms with E-state index < -0.39 is 0 Å². The van der Waals surface area contributed by atoms with Gasteiger partial charge in [0.1, 0.15) is 5.71 Å². The van der Waals surface area contributed by atoms with Crippen LogP contribution >= 0.6 is 11.6 Å². The monoisotopic (exact) mass is 359 g/mol. The van der Waals surface area contributed by atoms with Crippen LogP contribution in [0.3, 0.4) is 0 Å². The molecule has 25 heavy (non-hydrogen) atoms. The highest BCUT2D eigenvalue weighted by molar-refractivity contribution is 6.30. The summed E-state index contributed by atoms with van der Waals surface area (Å²) >= 11 is 5.98. The van der Waals surface area contributed by atoms with Gasteiger partial charge in [-0.3, -0.25) is 4.90 Å². The predicted octanol–water partition coefficient (Wildman–Crippen LogP) is 3.58. The Morgan fingerprint density at radius 2 is 2.28 bits per heavy atom. The molecule has 5 nitrogen and oxygen atoms in total. The largest absolute Gasteiger partial charge is 0.369 e. The van der Waals surface area contributed by atoms with Gasteiger partial charge in [-0.1, -0.05) is 28.7 Å². The molecule has 0 aromatic heterocycles. The van der Waals surface area contributed by atoms with Gasteiger partial charge in [0.15, 0.2) is 0 Å². The predicted molar refractivity (Wildman–Crippen MR) is 98.4 cm³/mol. The SMILES string of the molecule is CCN(C(=O)N1CCC2C(C#Cc3cccc(Cl)c3)=NOC21)C(C)C. The van der Waals surface area contributed by atoms with Crippen LogP contribution in [0.2, 0.25) is 5.02 Å². The number of carbonyl (C=O) groups is 1. The summed E-state index contributed by atoms with van der Waals surface area (Å²) in [4.78, 5) is 21.9. The summed E-state index contributed by atoms with van der Waals surface area (Å²) in [5, 5.41) is 4.77. The fraction of sp³-hybridized carbons (Fsp3) is 0.474. The second-order valence-electron chi connectivity index (χ2n) is 6.48. The second-order valence-corrected chi connectivity index (χ2v) is 6.92. The van der Waals surface area contributed by atoms with Gasteiger partial charge in [-0.05, 0) is 51.3 Å². The highest BCUT2D eigenvalue weighted by Crippen LogP contribution is 2.32. The van der Waals surface area contributed by atoms with Crippen molar-refractivity contribution in [3.8, 4) is 11.8 Å². The lowest BCUT2D eigenvalue weighted by Gasteiger charge is -2.32. The molecule has 132 valence electrons. The van der Waals surface area contributed by atoms with Crippen LogP contribution in [0.5, 0.6) is 0 Å². The van der Waals surface area contributed by atoms with E-state index in [9.17, 15) is 4.79 Å². The van der Waals surface area contributed by atoms with Crippen LogP contribution in [0.25, 0.3) is 0 Å². The summed E-state index contributed by atoms with van der Waals surface area (Å²) in [6.45, 7) is 7.35. The van der Waals surface area contributed by atoms with Crippen LogP contribution in [0, 0.1) is 17.8 Å². The maximum atomic E-state index is 12.8. The molecule has 3 rings (SSSR count). The van der Waals surface area contributed by atoms with Gasteiger partial charge in [0, 0.05) is 29.7 Å². The first-order valence-corrected chi connectivity index (χ1v) is 8.97. The highest BCUT2D eigenvalue weighted by Gasteiger charge is 2.46. The summed E-state index contributed by atoms with van der Waals surface area (Å²) in [6.07, 6.45) is 0.471. The highest BCUT2D eigenvalue weighted by atomic mass is 35.5. The number of oxime groups is 1. The summed E-state index contributed by atoms with van der Waals surface area (Å²) < 4.78 is 0. The summed E-state index contributed by atoms with van der Waals surface area (Å²) in [5.41, 5.74) is 1.54. The number of urea groups is 1. The van der Waals surface area contributed by atoms with E-state index in [2.05, 4.69) is 17.0 Å². The Labute approximate surface area is 153 Å². The van der Waals surface area contributed by atoms with Crippen molar-refractivity contribution in [1.29, 1.82) is 0 Å². The molecule has 0 bridgehead atoms. The molecule has 0 spiro atoms. The zero-order valence-corrected chi connectivity index (χ0v) is 15.5. The van der Waals surface area contributed by atoms with Gasteiger partial charge in [0.2, 0.25) is 6.23 Å². The summed E-state index contributed by atoms with van der Waals surface area (Å²) in [7, 11) is 0. The third-order valence-electron chi connectivity index (χ3n) is 4.56. The third kappa shape index (κ3) is 3.59. The molecule has 2 amide bonds. The Kier molecular flexibility index (Phi) is 5.19. The molecule has 2 aliphatic heterocycles. The lowest BCUT2D eigenvalue weighted by molar-refractivity contribution is -0.0151. The Bertz CT molecular complexity index is 751. The Hall–Kier alpha value is -2.19. The Balaban J connectivity index is 1.71. The number of halogens is 1. The fourth-order valence-corrected chi connectivity index (χ4v) is 3.44. The maximum absolute atomic E-state index is 12.8. The van der Waals surface area contributed by atoms with Crippen molar-refractivity contribution >= 4 is 23.3 Å². The molecule has 0 aliphatic carbocycles. The first-order valence-electron chi connectivity index (χ1n) is 8.59. The van der Waals surface area contributed by atoms with Crippen molar-refractivity contribution in [3.05, 3.63) is 34.9 Å². The molecule has 1 aromatic carbocycles. The molecular weight excluding hydrogens is 338 g/mol. The minimum Gasteiger partial charge on any atom is -0.369 e. The zero-order chi connectivity index (χ0) is 18.0. The van der Waals surface area contributed by atoms with Crippen molar-refractivity contribution in [2.24, 2.45) is 11.1 Å². The van der Waals surface area contributed by atoms with Crippen molar-refractivity contribution in [1.82, 2.24) is 9.80 Å². The van der Waals surface area contributed by atoms with Crippen LogP contribution in [0.1, 0.15) is 32.8 Å². The quantitative estimate of drug-likeness (QED) is 0.758. The van der Waals surface area contributed by atoms with E-state index in [0.29, 0.717) is 23.8 Å². The molecule has 2 aliphatic rings. The molecule has 1 fully saturated rings. The van der Waals surface area contributed by atoms with Crippen LogP contribution < -0.4 is 0 Å². The standard InChI is InChI=1S/C19H22ClN3O2/c1-4-22(13(2)3)19(24)23-11-10-16-17(21-25-18(16)23)9-8-14-6-5-7-15(20)12-14/h5-7,12-13,16,18H,4,10-11H2,1-3H3. The number of hydrogen-bond acceptors (Lipinski definition) is 3. The van der Waals surface area contributed by atoms with Crippen molar-refractivity contribution in [3.63, 3.8) is 0 Å². The number of nitrogens with zero attached hydrogens (tertiary/aromatic N) is 3. The van der Waals surface area contributed by atoms with E-state index in [0.717, 1.165) is 12.0 Å². The van der Waals surface area contributed by atoms with E-state index in [-0.39, 0.29) is 24.2 Å². The molecule has 2 unspecified atom stereocenters. The van der Waals surface area contributed by atoms with Crippen LogP contribution in [-0.2, 0) is 4.84 Å². The first-order chi connectivity index (χ1) is 12.0. The third-order valence-corrected chi connectivity index (χ3v) is 4.79. The minimum absolute atomic E-state index is 0.00394. The van der Waals surface area contributed by atoms with Crippen LogP contribution in [0.4, 0.5) is 4.79 Å². The number of hydrogen-bond donors (Lipinski definition) is 0. The lowest BCUT2D eigenvalue weighted by atomic mass is 10.0. The van der Waals surface area contributed by atoms with E-state index in [1.807, 2.05) is 49.9 Å². The maximum Gasteiger partial charge on any atom is 0.323 e. The number of amides is 2. The average molecular weight is 360 g/mol. The number of rotatable bonds is 2. The van der Waals surface area contributed by atoms with Gasteiger partial charge in [-0.25, -0.2) is 4.79 Å². The molecule has 6 heteroatoms. The number of likely N-dealkylation sites (tertiary alicyclic amines) is 1. The minimum atomic E-state index is -0.344. The molecule has 1 saturated heterocycles. The molecule has 2 atom stereocenters. The van der Waals surface area contributed by atoms with E-state index in [1.54, 1.807) is 4.90 Å².